The first-order valence-electron chi connectivity index (χ1n) is 16.2. The number of aromatic nitrogens is 3. The lowest BCUT2D eigenvalue weighted by atomic mass is 9.87. The van der Waals surface area contributed by atoms with Gasteiger partial charge in [-0.15, -0.1) is 0 Å². The zero-order valence-electron chi connectivity index (χ0n) is 25.7. The van der Waals surface area contributed by atoms with Gasteiger partial charge in [-0.25, -0.2) is 23.7 Å². The third kappa shape index (κ3) is 7.62. The molecular formula is C35H47F2N5. The van der Waals surface area contributed by atoms with Crippen LogP contribution in [0.15, 0.2) is 36.7 Å². The molecule has 0 saturated heterocycles. The van der Waals surface area contributed by atoms with Gasteiger partial charge in [-0.05, 0) is 61.8 Å². The molecular weight excluding hydrogens is 528 g/mol. The summed E-state index contributed by atoms with van der Waals surface area (Å²) in [5.41, 5.74) is 2.95. The van der Waals surface area contributed by atoms with Crippen molar-refractivity contribution in [3.05, 3.63) is 59.0 Å². The minimum absolute atomic E-state index is 0.0740. The van der Waals surface area contributed by atoms with Crippen LogP contribution in [0.2, 0.25) is 0 Å². The van der Waals surface area contributed by atoms with Crippen molar-refractivity contribution in [2.24, 2.45) is 5.92 Å². The number of anilines is 1. The van der Waals surface area contributed by atoms with Gasteiger partial charge in [0.1, 0.15) is 12.1 Å². The molecule has 0 unspecified atom stereocenters. The molecule has 1 aliphatic carbocycles. The van der Waals surface area contributed by atoms with Crippen LogP contribution in [0.1, 0.15) is 127 Å². The van der Waals surface area contributed by atoms with Crippen molar-refractivity contribution in [3.8, 4) is 6.07 Å². The molecule has 226 valence electrons. The Labute approximate surface area is 250 Å². The summed E-state index contributed by atoms with van der Waals surface area (Å²) in [5, 5.41) is 14.2. The molecule has 4 rings (SSSR count). The molecule has 42 heavy (non-hydrogen) atoms. The molecule has 1 fully saturated rings. The highest BCUT2D eigenvalue weighted by atomic mass is 19.3. The van der Waals surface area contributed by atoms with Gasteiger partial charge in [0.15, 0.2) is 5.65 Å². The number of rotatable bonds is 18. The molecule has 0 spiro atoms. The number of aryl methyl sites for hydroxylation is 1. The number of alkyl halides is 2. The zero-order chi connectivity index (χ0) is 30.0. The Hall–Kier alpha value is -3.14. The van der Waals surface area contributed by atoms with Crippen molar-refractivity contribution in [1.29, 1.82) is 5.26 Å². The van der Waals surface area contributed by atoms with E-state index in [0.29, 0.717) is 30.9 Å². The van der Waals surface area contributed by atoms with Gasteiger partial charge in [0, 0.05) is 23.7 Å². The maximum Gasteiger partial charge on any atom is 0.276 e. The Morgan fingerprint density at radius 2 is 1.67 bits per heavy atom. The van der Waals surface area contributed by atoms with E-state index in [0.717, 1.165) is 67.2 Å². The molecule has 1 saturated carbocycles. The predicted molar refractivity (Wildman–Crippen MR) is 167 cm³/mol. The second-order valence-electron chi connectivity index (χ2n) is 12.1. The first kappa shape index (κ1) is 31.8. The first-order chi connectivity index (χ1) is 20.4. The number of pyridine rings is 1. The topological polar surface area (TPSA) is 74.5 Å². The number of halogens is 2. The third-order valence-corrected chi connectivity index (χ3v) is 8.76. The molecule has 2 heterocycles. The van der Waals surface area contributed by atoms with E-state index in [4.69, 9.17) is 4.98 Å². The van der Waals surface area contributed by atoms with Crippen LogP contribution in [-0.4, -0.2) is 15.0 Å². The SMILES string of the molecule is CCCCCCCCCc1nc2ncnc(NCc3cccc(C(F)(F)C(CCC)CCC)c3)c2cc1C1(C#N)CC1. The van der Waals surface area contributed by atoms with Gasteiger partial charge in [0.2, 0.25) is 0 Å². The van der Waals surface area contributed by atoms with E-state index in [1.54, 1.807) is 18.2 Å². The van der Waals surface area contributed by atoms with Crippen LogP contribution in [0.4, 0.5) is 14.6 Å². The molecule has 3 aromatic rings. The van der Waals surface area contributed by atoms with E-state index in [-0.39, 0.29) is 5.56 Å². The standard InChI is InChI=1S/C35H47F2N5/c1-4-7-8-9-10-11-12-18-31-30(34(24-38)19-20-34)22-29-32(40-25-41-33(29)42-31)39-23-26-16-13-17-28(21-26)35(36,37)27(14-5-2)15-6-3/h13,16-17,21-22,25,27H,4-12,14-15,18-20,23H2,1-3H3,(H,39,40,41,42). The lowest BCUT2D eigenvalue weighted by molar-refractivity contribution is -0.0718. The van der Waals surface area contributed by atoms with E-state index in [9.17, 15) is 5.26 Å². The van der Waals surface area contributed by atoms with E-state index in [1.807, 2.05) is 19.9 Å². The average Bonchev–Trinajstić information content (AvgIpc) is 3.80. The highest BCUT2D eigenvalue weighted by Gasteiger charge is 2.47. The van der Waals surface area contributed by atoms with Gasteiger partial charge >= 0.3 is 0 Å². The summed E-state index contributed by atoms with van der Waals surface area (Å²) in [5.74, 6) is -2.92. The fraction of sp³-hybridized carbons (Fsp3) is 0.600. The summed E-state index contributed by atoms with van der Waals surface area (Å²) < 4.78 is 31.0. The molecule has 0 amide bonds. The number of nitrogens with one attached hydrogen (secondary N) is 1. The van der Waals surface area contributed by atoms with E-state index < -0.39 is 17.3 Å². The molecule has 1 N–H and O–H groups in total. The van der Waals surface area contributed by atoms with Crippen LogP contribution >= 0.6 is 0 Å². The quantitative estimate of drug-likeness (QED) is 0.153. The van der Waals surface area contributed by atoms with Crippen LogP contribution < -0.4 is 5.32 Å². The summed E-state index contributed by atoms with van der Waals surface area (Å²) in [6, 6.07) is 11.4. The second-order valence-corrected chi connectivity index (χ2v) is 12.1. The molecule has 2 aromatic heterocycles. The maximum atomic E-state index is 15.5. The molecule has 0 atom stereocenters. The Morgan fingerprint density at radius 1 is 0.952 bits per heavy atom. The third-order valence-electron chi connectivity index (χ3n) is 8.76. The summed E-state index contributed by atoms with van der Waals surface area (Å²) in [6.45, 7) is 6.51. The highest BCUT2D eigenvalue weighted by molar-refractivity contribution is 5.87. The Kier molecular flexibility index (Phi) is 11.2. The molecule has 0 radical (unpaired) electrons. The lowest BCUT2D eigenvalue weighted by Gasteiger charge is -2.27. The number of nitrogens with zero attached hydrogens (tertiary/aromatic N) is 4. The first-order valence-corrected chi connectivity index (χ1v) is 16.2. The summed E-state index contributed by atoms with van der Waals surface area (Å²) in [4.78, 5) is 13.9. The van der Waals surface area contributed by atoms with Crippen molar-refractivity contribution >= 4 is 16.9 Å². The van der Waals surface area contributed by atoms with Crippen LogP contribution in [0.25, 0.3) is 11.0 Å². The van der Waals surface area contributed by atoms with E-state index in [2.05, 4.69) is 34.3 Å². The normalized spacial score (nSPS) is 14.3. The van der Waals surface area contributed by atoms with Crippen molar-refractivity contribution < 1.29 is 8.78 Å². The molecule has 5 nitrogen and oxygen atoms in total. The van der Waals surface area contributed by atoms with Crippen molar-refractivity contribution in [3.63, 3.8) is 0 Å². The monoisotopic (exact) mass is 575 g/mol. The minimum Gasteiger partial charge on any atom is -0.365 e. The number of nitriles is 1. The smallest absolute Gasteiger partial charge is 0.276 e. The summed E-state index contributed by atoms with van der Waals surface area (Å²) in [6.07, 6.45) is 15.1. The van der Waals surface area contributed by atoms with Crippen LogP contribution in [0, 0.1) is 17.2 Å². The minimum atomic E-state index is -2.87. The average molecular weight is 576 g/mol. The van der Waals surface area contributed by atoms with Crippen LogP contribution in [-0.2, 0) is 24.3 Å². The Morgan fingerprint density at radius 3 is 2.33 bits per heavy atom. The number of hydrogen-bond donors (Lipinski definition) is 1. The van der Waals surface area contributed by atoms with E-state index >= 15 is 8.78 Å². The largest absolute Gasteiger partial charge is 0.365 e. The molecule has 0 aliphatic heterocycles. The van der Waals surface area contributed by atoms with Crippen LogP contribution in [0.5, 0.6) is 0 Å². The Balaban J connectivity index is 1.53. The van der Waals surface area contributed by atoms with Crippen LogP contribution in [0.3, 0.4) is 0 Å². The lowest BCUT2D eigenvalue weighted by Crippen LogP contribution is -2.26. The van der Waals surface area contributed by atoms with Gasteiger partial charge in [0.05, 0.1) is 16.9 Å². The fourth-order valence-corrected chi connectivity index (χ4v) is 6.10. The second kappa shape index (κ2) is 14.8. The number of hydrogen-bond acceptors (Lipinski definition) is 5. The van der Waals surface area contributed by atoms with Gasteiger partial charge in [0.25, 0.3) is 5.92 Å². The predicted octanol–water partition coefficient (Wildman–Crippen LogP) is 9.79. The van der Waals surface area contributed by atoms with Crippen molar-refractivity contribution in [2.45, 2.75) is 129 Å². The number of unbranched alkanes of at least 4 members (excludes halogenated alkanes) is 6. The highest BCUT2D eigenvalue weighted by Crippen LogP contribution is 2.49. The number of fused-ring (bicyclic) bond motifs is 1. The summed E-state index contributed by atoms with van der Waals surface area (Å²) in [7, 11) is 0. The van der Waals surface area contributed by atoms with Gasteiger partial charge in [-0.1, -0.05) is 90.3 Å². The summed E-state index contributed by atoms with van der Waals surface area (Å²) >= 11 is 0. The molecule has 1 aliphatic rings. The Bertz CT molecular complexity index is 1340. The maximum absolute atomic E-state index is 15.5. The number of benzene rings is 1. The molecule has 1 aromatic carbocycles. The van der Waals surface area contributed by atoms with Crippen molar-refractivity contribution in [1.82, 2.24) is 15.0 Å². The molecule has 0 bridgehead atoms. The van der Waals surface area contributed by atoms with Crippen molar-refractivity contribution in [2.75, 3.05) is 5.32 Å². The van der Waals surface area contributed by atoms with Gasteiger partial charge in [-0.3, -0.25) is 0 Å². The van der Waals surface area contributed by atoms with Gasteiger partial charge in [-0.2, -0.15) is 5.26 Å². The molecule has 7 heteroatoms. The zero-order valence-corrected chi connectivity index (χ0v) is 25.7. The van der Waals surface area contributed by atoms with E-state index in [1.165, 1.54) is 38.4 Å². The van der Waals surface area contributed by atoms with Gasteiger partial charge < -0.3 is 5.32 Å². The fourth-order valence-electron chi connectivity index (χ4n) is 6.10.